The van der Waals surface area contributed by atoms with Crippen LogP contribution in [0, 0.1) is 0 Å². The Morgan fingerprint density at radius 2 is 1.60 bits per heavy atom. The van der Waals surface area contributed by atoms with E-state index in [1.165, 1.54) is 5.56 Å². The molecule has 0 saturated heterocycles. The molecule has 2 aromatic carbocycles. The fourth-order valence-electron chi connectivity index (χ4n) is 2.14. The summed E-state index contributed by atoms with van der Waals surface area (Å²) in [7, 11) is 0. The average Bonchev–Trinajstić information content (AvgIpc) is 2.46. The third-order valence-corrected chi connectivity index (χ3v) is 3.58. The number of carbonyl (C=O) groups excluding carboxylic acids is 1. The zero-order valence-corrected chi connectivity index (χ0v) is 12.3. The van der Waals surface area contributed by atoms with Crippen molar-refractivity contribution in [3.63, 3.8) is 0 Å². The van der Waals surface area contributed by atoms with E-state index < -0.39 is 0 Å². The molecule has 2 nitrogen and oxygen atoms in total. The van der Waals surface area contributed by atoms with Gasteiger partial charge in [0.15, 0.2) is 5.78 Å². The Hall–Kier alpha value is -2.09. The molecule has 0 bridgehead atoms. The molecule has 0 aliphatic rings. The largest absolute Gasteiger partial charge is 0.384 e. The molecule has 2 aromatic rings. The second-order valence-electron chi connectivity index (χ2n) is 5.74. The Balaban J connectivity index is 2.03. The van der Waals surface area contributed by atoms with Crippen molar-refractivity contribution in [1.29, 1.82) is 0 Å². The maximum Gasteiger partial charge on any atom is 0.159 e. The van der Waals surface area contributed by atoms with Gasteiger partial charge in [-0.1, -0.05) is 44.2 Å². The Labute approximate surface area is 120 Å². The van der Waals surface area contributed by atoms with Crippen LogP contribution in [0.2, 0.25) is 0 Å². The number of carbonyl (C=O) groups is 1. The maximum atomic E-state index is 11.2. The second kappa shape index (κ2) is 5.91. The van der Waals surface area contributed by atoms with Gasteiger partial charge in [-0.2, -0.15) is 0 Å². The summed E-state index contributed by atoms with van der Waals surface area (Å²) in [6.07, 6.45) is 0. The van der Waals surface area contributed by atoms with Crippen LogP contribution < -0.4 is 5.32 Å². The van der Waals surface area contributed by atoms with Crippen LogP contribution in [-0.4, -0.2) is 12.3 Å². The van der Waals surface area contributed by atoms with Gasteiger partial charge in [0.1, 0.15) is 0 Å². The van der Waals surface area contributed by atoms with E-state index in [1.807, 2.05) is 30.3 Å². The number of hydrogen-bond acceptors (Lipinski definition) is 2. The van der Waals surface area contributed by atoms with E-state index in [0.717, 1.165) is 17.8 Å². The van der Waals surface area contributed by atoms with Crippen molar-refractivity contribution in [2.75, 3.05) is 11.9 Å². The number of nitrogens with one attached hydrogen (secondary N) is 1. The van der Waals surface area contributed by atoms with Gasteiger partial charge >= 0.3 is 0 Å². The summed E-state index contributed by atoms with van der Waals surface area (Å²) in [5.74, 6) is 0.0983. The second-order valence-corrected chi connectivity index (χ2v) is 5.74. The first-order chi connectivity index (χ1) is 9.49. The number of rotatable bonds is 5. The van der Waals surface area contributed by atoms with E-state index in [-0.39, 0.29) is 11.2 Å². The van der Waals surface area contributed by atoms with Crippen molar-refractivity contribution in [1.82, 2.24) is 0 Å². The molecular weight excluding hydrogens is 246 g/mol. The molecule has 1 N–H and O–H groups in total. The third-order valence-electron chi connectivity index (χ3n) is 3.58. The quantitative estimate of drug-likeness (QED) is 0.819. The summed E-state index contributed by atoms with van der Waals surface area (Å²) in [5, 5.41) is 3.44. The molecule has 104 valence electrons. The topological polar surface area (TPSA) is 29.1 Å². The maximum absolute atomic E-state index is 11.2. The minimum atomic E-state index is 0.0561. The van der Waals surface area contributed by atoms with Crippen molar-refractivity contribution in [3.8, 4) is 0 Å². The van der Waals surface area contributed by atoms with E-state index in [4.69, 9.17) is 0 Å². The van der Waals surface area contributed by atoms with Gasteiger partial charge in [-0.05, 0) is 36.8 Å². The molecule has 0 fully saturated rings. The lowest BCUT2D eigenvalue weighted by Crippen LogP contribution is -2.27. The van der Waals surface area contributed by atoms with E-state index in [1.54, 1.807) is 6.92 Å². The van der Waals surface area contributed by atoms with Crippen molar-refractivity contribution in [2.24, 2.45) is 0 Å². The number of benzene rings is 2. The highest BCUT2D eigenvalue weighted by Crippen LogP contribution is 2.23. The van der Waals surface area contributed by atoms with Crippen LogP contribution in [0.5, 0.6) is 0 Å². The fourth-order valence-corrected chi connectivity index (χ4v) is 2.14. The van der Waals surface area contributed by atoms with E-state index in [0.29, 0.717) is 0 Å². The summed E-state index contributed by atoms with van der Waals surface area (Å²) in [5.41, 5.74) is 3.16. The van der Waals surface area contributed by atoms with Crippen LogP contribution >= 0.6 is 0 Å². The van der Waals surface area contributed by atoms with Crippen LogP contribution in [0.3, 0.4) is 0 Å². The van der Waals surface area contributed by atoms with E-state index in [9.17, 15) is 4.79 Å². The van der Waals surface area contributed by atoms with Crippen LogP contribution in [0.15, 0.2) is 54.6 Å². The molecule has 0 saturated carbocycles. The summed E-state index contributed by atoms with van der Waals surface area (Å²) in [6, 6.07) is 18.1. The number of anilines is 1. The van der Waals surface area contributed by atoms with Crippen LogP contribution in [-0.2, 0) is 5.41 Å². The van der Waals surface area contributed by atoms with E-state index in [2.05, 4.69) is 43.4 Å². The number of ketones is 1. The predicted molar refractivity (Wildman–Crippen MR) is 84.4 cm³/mol. The zero-order chi connectivity index (χ0) is 14.6. The van der Waals surface area contributed by atoms with Gasteiger partial charge in [-0.15, -0.1) is 0 Å². The van der Waals surface area contributed by atoms with Gasteiger partial charge in [0.2, 0.25) is 0 Å². The molecule has 0 amide bonds. The summed E-state index contributed by atoms with van der Waals surface area (Å²) < 4.78 is 0. The number of Topliss-reactive ketones (excluding diaryl/α,β-unsaturated/α-hetero) is 1. The molecule has 0 unspecified atom stereocenters. The molecule has 0 aromatic heterocycles. The molecule has 2 heteroatoms. The minimum absolute atomic E-state index is 0.0561. The Bertz CT molecular complexity index is 570. The molecule has 0 aliphatic heterocycles. The first-order valence-electron chi connectivity index (χ1n) is 6.89. The molecule has 0 heterocycles. The molecule has 0 radical (unpaired) electrons. The van der Waals surface area contributed by atoms with Gasteiger partial charge < -0.3 is 5.32 Å². The monoisotopic (exact) mass is 267 g/mol. The fraction of sp³-hybridized carbons (Fsp3) is 0.278. The molecule has 0 aliphatic carbocycles. The molecule has 2 rings (SSSR count). The summed E-state index contributed by atoms with van der Waals surface area (Å²) >= 11 is 0. The first kappa shape index (κ1) is 14.3. The standard InChI is InChI=1S/C18H21NO/c1-14(20)15-9-11-17(12-10-15)19-13-18(2,3)16-7-5-4-6-8-16/h4-12,19H,13H2,1-3H3. The highest BCUT2D eigenvalue weighted by molar-refractivity contribution is 5.94. The van der Waals surface area contributed by atoms with Crippen molar-refractivity contribution in [3.05, 3.63) is 65.7 Å². The lowest BCUT2D eigenvalue weighted by Gasteiger charge is -2.26. The lowest BCUT2D eigenvalue weighted by molar-refractivity contribution is 0.101. The Kier molecular flexibility index (Phi) is 4.23. The van der Waals surface area contributed by atoms with Gasteiger partial charge in [-0.3, -0.25) is 4.79 Å². The normalized spacial score (nSPS) is 11.2. The zero-order valence-electron chi connectivity index (χ0n) is 12.3. The summed E-state index contributed by atoms with van der Waals surface area (Å²) in [6.45, 7) is 6.87. The van der Waals surface area contributed by atoms with Crippen molar-refractivity contribution < 1.29 is 4.79 Å². The highest BCUT2D eigenvalue weighted by Gasteiger charge is 2.19. The molecule has 0 spiro atoms. The van der Waals surface area contributed by atoms with Gasteiger partial charge in [0, 0.05) is 23.2 Å². The van der Waals surface area contributed by atoms with Gasteiger partial charge in [0.25, 0.3) is 0 Å². The van der Waals surface area contributed by atoms with Crippen LogP contribution in [0.25, 0.3) is 0 Å². The first-order valence-corrected chi connectivity index (χ1v) is 6.89. The average molecular weight is 267 g/mol. The summed E-state index contributed by atoms with van der Waals surface area (Å²) in [4.78, 5) is 11.2. The lowest BCUT2D eigenvalue weighted by atomic mass is 9.84. The molecule has 0 atom stereocenters. The van der Waals surface area contributed by atoms with Crippen LogP contribution in [0.4, 0.5) is 5.69 Å². The minimum Gasteiger partial charge on any atom is -0.384 e. The molecule has 20 heavy (non-hydrogen) atoms. The third kappa shape index (κ3) is 3.47. The Morgan fingerprint density at radius 3 is 2.15 bits per heavy atom. The molecular formula is C18H21NO. The van der Waals surface area contributed by atoms with Gasteiger partial charge in [-0.25, -0.2) is 0 Å². The van der Waals surface area contributed by atoms with Crippen molar-refractivity contribution in [2.45, 2.75) is 26.2 Å². The number of hydrogen-bond donors (Lipinski definition) is 1. The SMILES string of the molecule is CC(=O)c1ccc(NCC(C)(C)c2ccccc2)cc1. The highest BCUT2D eigenvalue weighted by atomic mass is 16.1. The van der Waals surface area contributed by atoms with E-state index >= 15 is 0 Å². The smallest absolute Gasteiger partial charge is 0.159 e. The Morgan fingerprint density at radius 1 is 1.00 bits per heavy atom. The predicted octanol–water partition coefficient (Wildman–Crippen LogP) is 4.28. The van der Waals surface area contributed by atoms with Crippen LogP contribution in [0.1, 0.15) is 36.7 Å². The van der Waals surface area contributed by atoms with Gasteiger partial charge in [0.05, 0.1) is 0 Å². The van der Waals surface area contributed by atoms with Crippen molar-refractivity contribution >= 4 is 11.5 Å².